The lowest BCUT2D eigenvalue weighted by molar-refractivity contribution is -0.141. The van der Waals surface area contributed by atoms with Gasteiger partial charge < -0.3 is 10.8 Å². The van der Waals surface area contributed by atoms with Crippen molar-refractivity contribution in [2.75, 3.05) is 7.05 Å². The van der Waals surface area contributed by atoms with Crippen LogP contribution in [-0.4, -0.2) is 23.9 Å². The number of carboxylic acids is 1. The van der Waals surface area contributed by atoms with E-state index in [-0.39, 0.29) is 11.7 Å². The van der Waals surface area contributed by atoms with Crippen LogP contribution in [0.5, 0.6) is 0 Å². The molecule has 90 valence electrons. The lowest BCUT2D eigenvalue weighted by Gasteiger charge is -2.04. The first kappa shape index (κ1) is 16.5. The number of aliphatic carboxylic acids is 1. The normalized spacial score (nSPS) is 11.2. The van der Waals surface area contributed by atoms with E-state index in [0.717, 1.165) is 12.8 Å². The molecule has 0 bridgehead atoms. The Morgan fingerprint density at radius 1 is 1.27 bits per heavy atom. The second-order valence-electron chi connectivity index (χ2n) is 3.38. The standard InChI is InChI=1S/C10H18O3.CH5N/c1-3-9(11)7-5-4-6-8(2)10(12)13;1-2/h8H,3-7H2,1-2H3,(H,12,13);2H2,1H3. The van der Waals surface area contributed by atoms with Crippen LogP contribution in [0, 0.1) is 5.92 Å². The summed E-state index contributed by atoms with van der Waals surface area (Å²) in [5, 5.41) is 8.57. The third-order valence-electron chi connectivity index (χ3n) is 2.16. The van der Waals surface area contributed by atoms with Gasteiger partial charge in [0.2, 0.25) is 0 Å². The fourth-order valence-corrected chi connectivity index (χ4v) is 1.07. The van der Waals surface area contributed by atoms with Crippen LogP contribution in [0.15, 0.2) is 0 Å². The summed E-state index contributed by atoms with van der Waals surface area (Å²) in [6.07, 6.45) is 3.52. The van der Waals surface area contributed by atoms with Crippen LogP contribution in [0.1, 0.15) is 46.0 Å². The van der Waals surface area contributed by atoms with E-state index in [4.69, 9.17) is 5.11 Å². The maximum absolute atomic E-state index is 10.9. The highest BCUT2D eigenvalue weighted by molar-refractivity contribution is 5.77. The number of carbonyl (C=O) groups excluding carboxylic acids is 1. The van der Waals surface area contributed by atoms with Gasteiger partial charge in [0, 0.05) is 12.8 Å². The first-order valence-electron chi connectivity index (χ1n) is 5.40. The van der Waals surface area contributed by atoms with Crippen molar-refractivity contribution in [3.05, 3.63) is 0 Å². The molecule has 0 aromatic heterocycles. The largest absolute Gasteiger partial charge is 0.481 e. The van der Waals surface area contributed by atoms with Gasteiger partial charge >= 0.3 is 5.97 Å². The molecule has 4 heteroatoms. The summed E-state index contributed by atoms with van der Waals surface area (Å²) in [6, 6.07) is 0. The highest BCUT2D eigenvalue weighted by Gasteiger charge is 2.09. The van der Waals surface area contributed by atoms with Gasteiger partial charge in [0.1, 0.15) is 5.78 Å². The summed E-state index contributed by atoms with van der Waals surface area (Å²) >= 11 is 0. The molecule has 0 fully saturated rings. The molecule has 0 aromatic carbocycles. The third-order valence-corrected chi connectivity index (χ3v) is 2.16. The van der Waals surface area contributed by atoms with Crippen molar-refractivity contribution >= 4 is 11.8 Å². The monoisotopic (exact) mass is 217 g/mol. The first-order valence-corrected chi connectivity index (χ1v) is 5.40. The topological polar surface area (TPSA) is 80.4 Å². The number of Topliss-reactive ketones (excluding diaryl/α,β-unsaturated/α-hetero) is 1. The van der Waals surface area contributed by atoms with Crippen molar-refractivity contribution in [2.24, 2.45) is 11.7 Å². The molecule has 0 aliphatic heterocycles. The molecule has 0 saturated carbocycles. The van der Waals surface area contributed by atoms with E-state index in [1.54, 1.807) is 6.92 Å². The van der Waals surface area contributed by atoms with E-state index < -0.39 is 5.97 Å². The average molecular weight is 217 g/mol. The number of rotatable bonds is 7. The molecule has 0 rings (SSSR count). The van der Waals surface area contributed by atoms with Crippen LogP contribution in [0.2, 0.25) is 0 Å². The minimum atomic E-state index is -0.748. The zero-order valence-corrected chi connectivity index (χ0v) is 9.95. The maximum atomic E-state index is 10.9. The van der Waals surface area contributed by atoms with E-state index in [1.807, 2.05) is 6.92 Å². The Morgan fingerprint density at radius 3 is 2.20 bits per heavy atom. The lowest BCUT2D eigenvalue weighted by Crippen LogP contribution is -2.09. The summed E-state index contributed by atoms with van der Waals surface area (Å²) in [5.74, 6) is -0.762. The molecule has 4 nitrogen and oxygen atoms in total. The predicted octanol–water partition coefficient (Wildman–Crippen LogP) is 1.82. The molecule has 1 atom stereocenters. The number of hydrogen-bond acceptors (Lipinski definition) is 3. The molecule has 0 saturated heterocycles. The van der Waals surface area contributed by atoms with Crippen molar-refractivity contribution in [3.8, 4) is 0 Å². The van der Waals surface area contributed by atoms with E-state index in [0.29, 0.717) is 19.3 Å². The number of carbonyl (C=O) groups is 2. The number of ketones is 1. The van der Waals surface area contributed by atoms with Gasteiger partial charge in [-0.2, -0.15) is 0 Å². The fraction of sp³-hybridized carbons (Fsp3) is 0.818. The molecular weight excluding hydrogens is 194 g/mol. The van der Waals surface area contributed by atoms with Crippen molar-refractivity contribution in [1.82, 2.24) is 0 Å². The van der Waals surface area contributed by atoms with Gasteiger partial charge in [-0.25, -0.2) is 0 Å². The molecule has 1 unspecified atom stereocenters. The van der Waals surface area contributed by atoms with E-state index in [2.05, 4.69) is 5.73 Å². The Labute approximate surface area is 91.9 Å². The smallest absolute Gasteiger partial charge is 0.306 e. The van der Waals surface area contributed by atoms with E-state index >= 15 is 0 Å². The summed E-state index contributed by atoms with van der Waals surface area (Å²) in [7, 11) is 1.50. The zero-order chi connectivity index (χ0) is 12.3. The zero-order valence-electron chi connectivity index (χ0n) is 9.95. The van der Waals surface area contributed by atoms with E-state index in [1.165, 1.54) is 7.05 Å². The van der Waals surface area contributed by atoms with Crippen LogP contribution >= 0.6 is 0 Å². The Bertz CT molecular complexity index is 181. The van der Waals surface area contributed by atoms with Crippen molar-refractivity contribution in [3.63, 3.8) is 0 Å². The van der Waals surface area contributed by atoms with Crippen LogP contribution < -0.4 is 5.73 Å². The van der Waals surface area contributed by atoms with Crippen molar-refractivity contribution < 1.29 is 14.7 Å². The number of hydrogen-bond donors (Lipinski definition) is 2. The molecule has 0 aliphatic carbocycles. The van der Waals surface area contributed by atoms with Gasteiger partial charge in [0.25, 0.3) is 0 Å². The molecule has 3 N–H and O–H groups in total. The summed E-state index contributed by atoms with van der Waals surface area (Å²) in [4.78, 5) is 21.3. The maximum Gasteiger partial charge on any atom is 0.306 e. The van der Waals surface area contributed by atoms with E-state index in [9.17, 15) is 9.59 Å². The molecule has 0 aliphatic rings. The Kier molecular flexibility index (Phi) is 12.3. The molecule has 0 heterocycles. The van der Waals surface area contributed by atoms with Crippen molar-refractivity contribution in [2.45, 2.75) is 46.0 Å². The van der Waals surface area contributed by atoms with Crippen LogP contribution in [-0.2, 0) is 9.59 Å². The molecular formula is C11H23NO3. The predicted molar refractivity (Wildman–Crippen MR) is 60.7 cm³/mol. The van der Waals surface area contributed by atoms with Gasteiger partial charge in [-0.15, -0.1) is 0 Å². The molecule has 0 radical (unpaired) electrons. The summed E-state index contributed by atoms with van der Waals surface area (Å²) in [6.45, 7) is 3.55. The van der Waals surface area contributed by atoms with Crippen LogP contribution in [0.4, 0.5) is 0 Å². The molecule has 0 amide bonds. The summed E-state index contributed by atoms with van der Waals surface area (Å²) < 4.78 is 0. The van der Waals surface area contributed by atoms with Crippen LogP contribution in [0.3, 0.4) is 0 Å². The van der Waals surface area contributed by atoms with Gasteiger partial charge in [0.05, 0.1) is 5.92 Å². The Balaban J connectivity index is 0. The number of nitrogens with two attached hydrogens (primary N) is 1. The lowest BCUT2D eigenvalue weighted by atomic mass is 10.0. The van der Waals surface area contributed by atoms with Gasteiger partial charge in [-0.3, -0.25) is 9.59 Å². The van der Waals surface area contributed by atoms with Crippen molar-refractivity contribution in [1.29, 1.82) is 0 Å². The summed E-state index contributed by atoms with van der Waals surface area (Å²) in [5.41, 5.74) is 4.50. The third kappa shape index (κ3) is 11.0. The average Bonchev–Trinajstić information content (AvgIpc) is 2.26. The molecule has 0 aromatic rings. The van der Waals surface area contributed by atoms with Gasteiger partial charge in [-0.05, 0) is 19.9 Å². The quantitative estimate of drug-likeness (QED) is 0.637. The highest BCUT2D eigenvalue weighted by atomic mass is 16.4. The number of carboxylic acid groups (broad SMARTS) is 1. The first-order chi connectivity index (χ1) is 7.07. The highest BCUT2D eigenvalue weighted by Crippen LogP contribution is 2.09. The van der Waals surface area contributed by atoms with Gasteiger partial charge in [-0.1, -0.05) is 20.3 Å². The second-order valence-corrected chi connectivity index (χ2v) is 3.38. The molecule has 0 spiro atoms. The fourth-order valence-electron chi connectivity index (χ4n) is 1.07. The van der Waals surface area contributed by atoms with Gasteiger partial charge in [0.15, 0.2) is 0 Å². The SMILES string of the molecule is CCC(=O)CCCCC(C)C(=O)O.CN. The minimum Gasteiger partial charge on any atom is -0.481 e. The Morgan fingerprint density at radius 2 is 1.80 bits per heavy atom. The second kappa shape index (κ2) is 11.2. The number of unbranched alkanes of at least 4 members (excludes halogenated alkanes) is 1. The molecule has 15 heavy (non-hydrogen) atoms. The minimum absolute atomic E-state index is 0.267. The Hall–Kier alpha value is -0.900. The van der Waals surface area contributed by atoms with Crippen LogP contribution in [0.25, 0.3) is 0 Å².